The monoisotopic (exact) mass is 214 g/mol. The average molecular weight is 214 g/mol. The van der Waals surface area contributed by atoms with E-state index in [9.17, 15) is 4.79 Å². The van der Waals surface area contributed by atoms with Gasteiger partial charge in [0.25, 0.3) is 0 Å². The van der Waals surface area contributed by atoms with Gasteiger partial charge in [-0.05, 0) is 18.6 Å². The molecule has 6 heteroatoms. The molecule has 0 bridgehead atoms. The van der Waals surface area contributed by atoms with Gasteiger partial charge in [-0.15, -0.1) is 0 Å². The van der Waals surface area contributed by atoms with Crippen molar-refractivity contribution in [3.63, 3.8) is 0 Å². The van der Waals surface area contributed by atoms with Gasteiger partial charge in [0.05, 0.1) is 0 Å². The van der Waals surface area contributed by atoms with Crippen LogP contribution in [0.4, 0.5) is 0 Å². The predicted molar refractivity (Wildman–Crippen MR) is 56.1 cm³/mol. The second kappa shape index (κ2) is 4.90. The zero-order chi connectivity index (χ0) is 10.6. The minimum Gasteiger partial charge on any atom is -0.273 e. The number of amides is 1. The van der Waals surface area contributed by atoms with Crippen LogP contribution in [-0.4, -0.2) is 20.8 Å². The van der Waals surface area contributed by atoms with Gasteiger partial charge in [-0.3, -0.25) is 15.3 Å². The third kappa shape index (κ3) is 2.41. The maximum atomic E-state index is 11.2. The zero-order valence-corrected chi connectivity index (χ0v) is 9.15. The summed E-state index contributed by atoms with van der Waals surface area (Å²) in [7, 11) is 0. The lowest BCUT2D eigenvalue weighted by Gasteiger charge is -2.06. The first kappa shape index (κ1) is 10.9. The van der Waals surface area contributed by atoms with Crippen LogP contribution < -0.4 is 5.43 Å². The Morgan fingerprint density at radius 2 is 2.36 bits per heavy atom. The number of aryl methyl sites for hydroxylation is 1. The first-order valence-corrected chi connectivity index (χ1v) is 5.06. The second-order valence-electron chi connectivity index (χ2n) is 2.92. The van der Waals surface area contributed by atoms with Crippen LogP contribution in [0.3, 0.4) is 0 Å². The maximum absolute atomic E-state index is 11.2. The van der Waals surface area contributed by atoms with Crippen molar-refractivity contribution in [1.29, 1.82) is 0 Å². The van der Waals surface area contributed by atoms with Crippen molar-refractivity contribution in [2.24, 2.45) is 0 Å². The third-order valence-electron chi connectivity index (χ3n) is 1.77. The number of nitrogens with zero attached hydrogens (tertiary/aromatic N) is 2. The molecule has 0 aromatic carbocycles. The lowest BCUT2D eigenvalue weighted by atomic mass is 10.3. The molecule has 0 aliphatic heterocycles. The van der Waals surface area contributed by atoms with Crippen molar-refractivity contribution in [2.45, 2.75) is 33.1 Å². The molecule has 0 saturated heterocycles. The summed E-state index contributed by atoms with van der Waals surface area (Å²) in [6.07, 6.45) is 2.18. The molecule has 1 amide bonds. The van der Waals surface area contributed by atoms with Gasteiger partial charge in [-0.1, -0.05) is 13.8 Å². The standard InChI is InChI=1S/C8H14N4OS/c1-3-5-6-9-10-8(14)12(6)11-7(13)4-2/h3-5H2,1-2H3,(H,10,14)(H,11,13). The third-order valence-corrected chi connectivity index (χ3v) is 2.05. The van der Waals surface area contributed by atoms with Crippen LogP contribution in [0.25, 0.3) is 0 Å². The molecule has 0 unspecified atom stereocenters. The number of hydrogen-bond acceptors (Lipinski definition) is 3. The number of carbonyl (C=O) groups excluding carboxylic acids is 1. The van der Waals surface area contributed by atoms with E-state index in [0.29, 0.717) is 11.2 Å². The Bertz CT molecular complexity index is 368. The van der Waals surface area contributed by atoms with Gasteiger partial charge in [0, 0.05) is 12.8 Å². The highest BCUT2D eigenvalue weighted by molar-refractivity contribution is 7.71. The SMILES string of the molecule is CCCc1n[nH]c(=S)n1NC(=O)CC. The minimum atomic E-state index is -0.0696. The number of H-pyrrole nitrogens is 1. The van der Waals surface area contributed by atoms with Crippen LogP contribution in [0.1, 0.15) is 32.5 Å². The van der Waals surface area contributed by atoms with Crippen molar-refractivity contribution in [1.82, 2.24) is 14.9 Å². The van der Waals surface area contributed by atoms with E-state index in [4.69, 9.17) is 12.2 Å². The summed E-state index contributed by atoms with van der Waals surface area (Å²) in [5.74, 6) is 0.694. The molecule has 5 nitrogen and oxygen atoms in total. The van der Waals surface area contributed by atoms with Gasteiger partial charge in [0.2, 0.25) is 10.7 Å². The largest absolute Gasteiger partial charge is 0.273 e. The predicted octanol–water partition coefficient (Wildman–Crippen LogP) is 1.37. The highest BCUT2D eigenvalue weighted by atomic mass is 32.1. The Morgan fingerprint density at radius 3 is 2.93 bits per heavy atom. The molecule has 0 fully saturated rings. The summed E-state index contributed by atoms with van der Waals surface area (Å²) in [6, 6.07) is 0. The topological polar surface area (TPSA) is 62.7 Å². The molecule has 0 saturated carbocycles. The normalized spacial score (nSPS) is 10.1. The molecule has 14 heavy (non-hydrogen) atoms. The van der Waals surface area contributed by atoms with Gasteiger partial charge < -0.3 is 0 Å². The summed E-state index contributed by atoms with van der Waals surface area (Å²) in [6.45, 7) is 3.84. The van der Waals surface area contributed by atoms with E-state index < -0.39 is 0 Å². The number of carbonyl (C=O) groups is 1. The van der Waals surface area contributed by atoms with E-state index in [1.54, 1.807) is 6.92 Å². The van der Waals surface area contributed by atoms with Crippen LogP contribution in [0.15, 0.2) is 0 Å². The van der Waals surface area contributed by atoms with E-state index in [1.165, 1.54) is 4.68 Å². The van der Waals surface area contributed by atoms with Crippen molar-refractivity contribution in [3.8, 4) is 0 Å². The molecular formula is C8H14N4OS. The van der Waals surface area contributed by atoms with Gasteiger partial charge >= 0.3 is 0 Å². The summed E-state index contributed by atoms with van der Waals surface area (Å²) in [4.78, 5) is 11.2. The van der Waals surface area contributed by atoms with E-state index >= 15 is 0 Å². The Labute approximate surface area is 87.5 Å². The quantitative estimate of drug-likeness (QED) is 0.744. The van der Waals surface area contributed by atoms with Crippen LogP contribution in [0, 0.1) is 4.77 Å². The molecule has 78 valence electrons. The van der Waals surface area contributed by atoms with Gasteiger partial charge in [-0.2, -0.15) is 5.10 Å². The molecule has 0 spiro atoms. The Balaban J connectivity index is 2.87. The highest BCUT2D eigenvalue weighted by Crippen LogP contribution is 1.99. The van der Waals surface area contributed by atoms with E-state index in [1.807, 2.05) is 6.92 Å². The Kier molecular flexibility index (Phi) is 3.82. The van der Waals surface area contributed by atoms with E-state index in [2.05, 4.69) is 15.6 Å². The van der Waals surface area contributed by atoms with E-state index in [0.717, 1.165) is 18.7 Å². The number of aromatic nitrogens is 3. The first-order valence-electron chi connectivity index (χ1n) is 4.65. The molecule has 1 aromatic rings. The smallest absolute Gasteiger partial charge is 0.238 e. The Hall–Kier alpha value is -1.17. The molecule has 1 heterocycles. The zero-order valence-electron chi connectivity index (χ0n) is 8.33. The lowest BCUT2D eigenvalue weighted by molar-refractivity contribution is -0.116. The van der Waals surface area contributed by atoms with Crippen LogP contribution in [0.5, 0.6) is 0 Å². The van der Waals surface area contributed by atoms with Crippen LogP contribution in [0.2, 0.25) is 0 Å². The average Bonchev–Trinajstić information content (AvgIpc) is 2.50. The summed E-state index contributed by atoms with van der Waals surface area (Å²) < 4.78 is 1.96. The number of aromatic amines is 1. The maximum Gasteiger partial charge on any atom is 0.238 e. The molecule has 0 aliphatic carbocycles. The first-order chi connectivity index (χ1) is 6.69. The van der Waals surface area contributed by atoms with Crippen LogP contribution in [-0.2, 0) is 11.2 Å². The summed E-state index contributed by atoms with van der Waals surface area (Å²) in [5, 5.41) is 6.68. The van der Waals surface area contributed by atoms with Gasteiger partial charge in [0.15, 0.2) is 5.82 Å². The fraction of sp³-hybridized carbons (Fsp3) is 0.625. The molecule has 0 aliphatic rings. The molecule has 0 radical (unpaired) electrons. The van der Waals surface area contributed by atoms with Crippen molar-refractivity contribution in [3.05, 3.63) is 10.6 Å². The van der Waals surface area contributed by atoms with Crippen LogP contribution >= 0.6 is 12.2 Å². The minimum absolute atomic E-state index is 0.0696. The van der Waals surface area contributed by atoms with Crippen molar-refractivity contribution < 1.29 is 4.79 Å². The molecular weight excluding hydrogens is 200 g/mol. The van der Waals surface area contributed by atoms with E-state index in [-0.39, 0.29) is 5.91 Å². The van der Waals surface area contributed by atoms with Crippen molar-refractivity contribution in [2.75, 3.05) is 5.43 Å². The summed E-state index contributed by atoms with van der Waals surface area (Å²) >= 11 is 4.98. The fourth-order valence-electron chi connectivity index (χ4n) is 1.04. The lowest BCUT2D eigenvalue weighted by Crippen LogP contribution is -2.24. The molecule has 1 aromatic heterocycles. The van der Waals surface area contributed by atoms with Gasteiger partial charge in [0.1, 0.15) is 0 Å². The summed E-state index contributed by atoms with van der Waals surface area (Å²) in [5.41, 5.74) is 2.67. The highest BCUT2D eigenvalue weighted by Gasteiger charge is 2.06. The number of rotatable bonds is 4. The molecule has 0 atom stereocenters. The fourth-order valence-corrected chi connectivity index (χ4v) is 1.24. The second-order valence-corrected chi connectivity index (χ2v) is 3.31. The molecule has 1 rings (SSSR count). The number of nitrogens with one attached hydrogen (secondary N) is 2. The Morgan fingerprint density at radius 1 is 1.64 bits per heavy atom. The number of hydrogen-bond donors (Lipinski definition) is 2. The van der Waals surface area contributed by atoms with Crippen molar-refractivity contribution >= 4 is 18.1 Å². The molecule has 2 N–H and O–H groups in total. The van der Waals surface area contributed by atoms with Gasteiger partial charge in [-0.25, -0.2) is 4.68 Å².